The fraction of sp³-hybridized carbons (Fsp3) is 1.00. The van der Waals surface area contributed by atoms with E-state index in [0.717, 1.165) is 6.61 Å². The summed E-state index contributed by atoms with van der Waals surface area (Å²) in [5, 5.41) is 3.38. The largest absolute Gasteiger partial charge is 0.385 e. The lowest BCUT2D eigenvalue weighted by molar-refractivity contribution is 0.153. The molecule has 2 rings (SSSR count). The number of nitrogens with one attached hydrogen (secondary N) is 1. The van der Waals surface area contributed by atoms with Crippen molar-refractivity contribution in [1.29, 1.82) is 0 Å². The van der Waals surface area contributed by atoms with Crippen molar-refractivity contribution in [3.8, 4) is 0 Å². The maximum Gasteiger partial charge on any atom is 0.0474 e. The third-order valence-electron chi connectivity index (χ3n) is 3.34. The van der Waals surface area contributed by atoms with Crippen LogP contribution in [0.2, 0.25) is 0 Å². The van der Waals surface area contributed by atoms with E-state index in [2.05, 4.69) is 10.2 Å². The molecule has 0 aromatic rings. The van der Waals surface area contributed by atoms with Gasteiger partial charge in [-0.1, -0.05) is 0 Å². The molecule has 76 valence electrons. The Kier molecular flexibility index (Phi) is 2.86. The van der Waals surface area contributed by atoms with Crippen LogP contribution < -0.4 is 5.32 Å². The first-order valence-electron chi connectivity index (χ1n) is 5.27. The van der Waals surface area contributed by atoms with Crippen LogP contribution >= 0.6 is 0 Å². The molecule has 0 aliphatic carbocycles. The molecule has 0 aromatic heterocycles. The molecule has 13 heavy (non-hydrogen) atoms. The number of hydrogen-bond acceptors (Lipinski definition) is 3. The van der Waals surface area contributed by atoms with Gasteiger partial charge in [-0.2, -0.15) is 0 Å². The first-order chi connectivity index (χ1) is 6.35. The van der Waals surface area contributed by atoms with Crippen molar-refractivity contribution in [2.75, 3.05) is 46.4 Å². The summed E-state index contributed by atoms with van der Waals surface area (Å²) >= 11 is 0. The molecule has 0 radical (unpaired) electrons. The highest BCUT2D eigenvalue weighted by molar-refractivity contribution is 4.99. The minimum atomic E-state index is 0.660. The molecule has 2 aliphatic rings. The second-order valence-electron chi connectivity index (χ2n) is 4.48. The Hall–Kier alpha value is -0.120. The summed E-state index contributed by atoms with van der Waals surface area (Å²) in [5.41, 5.74) is 0.660. The fourth-order valence-electron chi connectivity index (χ4n) is 2.42. The third-order valence-corrected chi connectivity index (χ3v) is 3.34. The van der Waals surface area contributed by atoms with Crippen molar-refractivity contribution < 1.29 is 4.74 Å². The highest BCUT2D eigenvalue weighted by Gasteiger charge is 2.42. The van der Waals surface area contributed by atoms with E-state index >= 15 is 0 Å². The average Bonchev–Trinajstić information content (AvgIpc) is 2.49. The normalized spacial score (nSPS) is 26.5. The molecular formula is C10H20N2O. The summed E-state index contributed by atoms with van der Waals surface area (Å²) in [5.74, 6) is 0. The van der Waals surface area contributed by atoms with Gasteiger partial charge in [-0.3, -0.25) is 0 Å². The van der Waals surface area contributed by atoms with E-state index in [1.54, 1.807) is 7.11 Å². The zero-order chi connectivity index (χ0) is 9.15. The van der Waals surface area contributed by atoms with Crippen molar-refractivity contribution in [2.45, 2.75) is 12.8 Å². The van der Waals surface area contributed by atoms with Gasteiger partial charge in [0.2, 0.25) is 0 Å². The Morgan fingerprint density at radius 2 is 2.31 bits per heavy atom. The van der Waals surface area contributed by atoms with Gasteiger partial charge in [-0.15, -0.1) is 0 Å². The van der Waals surface area contributed by atoms with Crippen LogP contribution in [-0.2, 0) is 4.74 Å². The standard InChI is InChI=1S/C10H20N2O/c1-13-6-2-4-12-5-3-10(9-12)7-11-8-10/h11H,2-9H2,1H3. The Morgan fingerprint density at radius 1 is 1.46 bits per heavy atom. The van der Waals surface area contributed by atoms with Crippen LogP contribution in [-0.4, -0.2) is 51.3 Å². The number of likely N-dealkylation sites (tertiary alicyclic amines) is 1. The van der Waals surface area contributed by atoms with Crippen molar-refractivity contribution in [3.05, 3.63) is 0 Å². The average molecular weight is 184 g/mol. The Balaban J connectivity index is 1.66. The molecule has 2 heterocycles. The highest BCUT2D eigenvalue weighted by Crippen LogP contribution is 2.33. The molecule has 2 fully saturated rings. The van der Waals surface area contributed by atoms with E-state index in [9.17, 15) is 0 Å². The molecule has 2 aliphatic heterocycles. The van der Waals surface area contributed by atoms with Crippen LogP contribution in [0.25, 0.3) is 0 Å². The molecule has 0 bridgehead atoms. The smallest absolute Gasteiger partial charge is 0.0474 e. The number of hydrogen-bond donors (Lipinski definition) is 1. The van der Waals surface area contributed by atoms with Crippen LogP contribution in [0.5, 0.6) is 0 Å². The maximum absolute atomic E-state index is 5.05. The Morgan fingerprint density at radius 3 is 2.85 bits per heavy atom. The van der Waals surface area contributed by atoms with E-state index in [-0.39, 0.29) is 0 Å². The molecule has 1 N–H and O–H groups in total. The highest BCUT2D eigenvalue weighted by atomic mass is 16.5. The molecule has 1 spiro atoms. The number of nitrogens with zero attached hydrogens (tertiary/aromatic N) is 1. The van der Waals surface area contributed by atoms with Gasteiger partial charge in [0.05, 0.1) is 0 Å². The maximum atomic E-state index is 5.05. The number of methoxy groups -OCH3 is 1. The minimum Gasteiger partial charge on any atom is -0.385 e. The fourth-order valence-corrected chi connectivity index (χ4v) is 2.42. The number of rotatable bonds is 4. The minimum absolute atomic E-state index is 0.660. The Bertz CT molecular complexity index is 168. The van der Waals surface area contributed by atoms with Crippen molar-refractivity contribution in [1.82, 2.24) is 10.2 Å². The van der Waals surface area contributed by atoms with Gasteiger partial charge in [0.1, 0.15) is 0 Å². The summed E-state index contributed by atoms with van der Waals surface area (Å²) in [6, 6.07) is 0. The van der Waals surface area contributed by atoms with Gasteiger partial charge >= 0.3 is 0 Å². The van der Waals surface area contributed by atoms with Crippen LogP contribution in [0.4, 0.5) is 0 Å². The quantitative estimate of drug-likeness (QED) is 0.637. The van der Waals surface area contributed by atoms with E-state index in [4.69, 9.17) is 4.74 Å². The van der Waals surface area contributed by atoms with E-state index < -0.39 is 0 Å². The van der Waals surface area contributed by atoms with Crippen molar-refractivity contribution >= 4 is 0 Å². The summed E-state index contributed by atoms with van der Waals surface area (Å²) in [7, 11) is 1.78. The third kappa shape index (κ3) is 2.03. The molecule has 0 aromatic carbocycles. The van der Waals surface area contributed by atoms with Gasteiger partial charge in [0, 0.05) is 45.3 Å². The summed E-state index contributed by atoms with van der Waals surface area (Å²) in [6.07, 6.45) is 2.58. The molecule has 0 unspecified atom stereocenters. The van der Waals surface area contributed by atoms with Gasteiger partial charge in [-0.05, 0) is 19.4 Å². The topological polar surface area (TPSA) is 24.5 Å². The lowest BCUT2D eigenvalue weighted by Crippen LogP contribution is -2.54. The zero-order valence-corrected chi connectivity index (χ0v) is 8.51. The second-order valence-corrected chi connectivity index (χ2v) is 4.48. The van der Waals surface area contributed by atoms with Gasteiger partial charge in [-0.25, -0.2) is 0 Å². The molecule has 2 saturated heterocycles. The zero-order valence-electron chi connectivity index (χ0n) is 8.51. The molecule has 3 nitrogen and oxygen atoms in total. The Labute approximate surface area is 80.4 Å². The lowest BCUT2D eigenvalue weighted by Gasteiger charge is -2.39. The van der Waals surface area contributed by atoms with Gasteiger partial charge in [0.25, 0.3) is 0 Å². The molecular weight excluding hydrogens is 164 g/mol. The SMILES string of the molecule is COCCCN1CCC2(CNC2)C1. The van der Waals surface area contributed by atoms with Gasteiger partial charge in [0.15, 0.2) is 0 Å². The van der Waals surface area contributed by atoms with Crippen molar-refractivity contribution in [3.63, 3.8) is 0 Å². The second kappa shape index (κ2) is 3.95. The monoisotopic (exact) mass is 184 g/mol. The molecule has 0 amide bonds. The van der Waals surface area contributed by atoms with Gasteiger partial charge < -0.3 is 15.0 Å². The van der Waals surface area contributed by atoms with E-state index in [0.29, 0.717) is 5.41 Å². The molecule has 0 saturated carbocycles. The van der Waals surface area contributed by atoms with Crippen LogP contribution in [0, 0.1) is 5.41 Å². The van der Waals surface area contributed by atoms with Crippen LogP contribution in [0.1, 0.15) is 12.8 Å². The van der Waals surface area contributed by atoms with Crippen LogP contribution in [0.15, 0.2) is 0 Å². The predicted molar refractivity (Wildman–Crippen MR) is 52.9 cm³/mol. The summed E-state index contributed by atoms with van der Waals surface area (Å²) < 4.78 is 5.05. The first kappa shape index (κ1) is 9.44. The van der Waals surface area contributed by atoms with E-state index in [1.807, 2.05) is 0 Å². The predicted octanol–water partition coefficient (Wildman–Crippen LogP) is 0.318. The van der Waals surface area contributed by atoms with Crippen molar-refractivity contribution in [2.24, 2.45) is 5.41 Å². The summed E-state index contributed by atoms with van der Waals surface area (Å²) in [6.45, 7) is 7.22. The molecule has 3 heteroatoms. The summed E-state index contributed by atoms with van der Waals surface area (Å²) in [4.78, 5) is 2.58. The van der Waals surface area contributed by atoms with E-state index in [1.165, 1.54) is 45.6 Å². The van der Waals surface area contributed by atoms with Crippen LogP contribution in [0.3, 0.4) is 0 Å². The first-order valence-corrected chi connectivity index (χ1v) is 5.27. The number of ether oxygens (including phenoxy) is 1. The molecule has 0 atom stereocenters. The lowest BCUT2D eigenvalue weighted by atomic mass is 9.81.